The van der Waals surface area contributed by atoms with Crippen LogP contribution < -0.4 is 4.74 Å². The number of rotatable bonds is 4. The quantitative estimate of drug-likeness (QED) is 0.707. The summed E-state index contributed by atoms with van der Waals surface area (Å²) in [7, 11) is 0. The van der Waals surface area contributed by atoms with E-state index >= 15 is 0 Å². The molecule has 2 heteroatoms. The third kappa shape index (κ3) is 2.28. The van der Waals surface area contributed by atoms with E-state index in [0.29, 0.717) is 11.8 Å². The van der Waals surface area contributed by atoms with Gasteiger partial charge in [0, 0.05) is 17.4 Å². The maximum Gasteiger partial charge on any atom is 0.122 e. The van der Waals surface area contributed by atoms with Gasteiger partial charge >= 0.3 is 0 Å². The molecule has 0 aromatic heterocycles. The van der Waals surface area contributed by atoms with Crippen molar-refractivity contribution in [2.75, 3.05) is 12.5 Å². The molecular formula is C13H17ClO. The molecule has 1 aliphatic rings. The zero-order chi connectivity index (χ0) is 10.7. The summed E-state index contributed by atoms with van der Waals surface area (Å²) in [6.07, 6.45) is 2.30. The highest BCUT2D eigenvalue weighted by molar-refractivity contribution is 6.18. The number of hydrogen-bond acceptors (Lipinski definition) is 1. The van der Waals surface area contributed by atoms with Crippen LogP contribution in [0.15, 0.2) is 24.3 Å². The molecule has 1 aliphatic heterocycles. The van der Waals surface area contributed by atoms with E-state index in [4.69, 9.17) is 16.3 Å². The first-order valence-corrected chi connectivity index (χ1v) is 6.16. The molecule has 0 saturated heterocycles. The van der Waals surface area contributed by atoms with Crippen LogP contribution in [0.4, 0.5) is 0 Å². The second-order valence-corrected chi connectivity index (χ2v) is 4.52. The fourth-order valence-corrected chi connectivity index (χ4v) is 2.51. The third-order valence-corrected chi connectivity index (χ3v) is 3.65. The van der Waals surface area contributed by atoms with Crippen molar-refractivity contribution in [2.45, 2.75) is 25.7 Å². The van der Waals surface area contributed by atoms with Gasteiger partial charge in [-0.15, -0.1) is 11.6 Å². The van der Waals surface area contributed by atoms with Crippen LogP contribution in [0.25, 0.3) is 0 Å². The van der Waals surface area contributed by atoms with Crippen molar-refractivity contribution in [3.8, 4) is 5.75 Å². The van der Waals surface area contributed by atoms with Gasteiger partial charge in [-0.25, -0.2) is 0 Å². The van der Waals surface area contributed by atoms with Gasteiger partial charge in [-0.05, 0) is 18.4 Å². The molecule has 0 spiro atoms. The summed E-state index contributed by atoms with van der Waals surface area (Å²) < 4.78 is 5.66. The Morgan fingerprint density at radius 1 is 1.47 bits per heavy atom. The van der Waals surface area contributed by atoms with Gasteiger partial charge in [-0.2, -0.15) is 0 Å². The molecule has 1 heterocycles. The van der Waals surface area contributed by atoms with Crippen molar-refractivity contribution in [1.29, 1.82) is 0 Å². The fourth-order valence-electron chi connectivity index (χ4n) is 2.17. The van der Waals surface area contributed by atoms with Gasteiger partial charge in [0.05, 0.1) is 6.61 Å². The predicted molar refractivity (Wildman–Crippen MR) is 63.8 cm³/mol. The average molecular weight is 225 g/mol. The van der Waals surface area contributed by atoms with E-state index in [9.17, 15) is 0 Å². The summed E-state index contributed by atoms with van der Waals surface area (Å²) >= 11 is 5.93. The molecule has 0 radical (unpaired) electrons. The molecule has 2 rings (SSSR count). The van der Waals surface area contributed by atoms with Gasteiger partial charge in [0.1, 0.15) is 5.75 Å². The minimum Gasteiger partial charge on any atom is -0.493 e. The minimum atomic E-state index is 0.546. The van der Waals surface area contributed by atoms with Crippen molar-refractivity contribution in [1.82, 2.24) is 0 Å². The second kappa shape index (κ2) is 4.89. The maximum absolute atomic E-state index is 5.93. The van der Waals surface area contributed by atoms with E-state index in [1.165, 1.54) is 5.56 Å². The van der Waals surface area contributed by atoms with E-state index in [1.54, 1.807) is 0 Å². The van der Waals surface area contributed by atoms with Crippen molar-refractivity contribution >= 4 is 11.6 Å². The lowest BCUT2D eigenvalue weighted by atomic mass is 9.90. The molecule has 0 saturated carbocycles. The molecule has 0 fully saturated rings. The van der Waals surface area contributed by atoms with Crippen LogP contribution in [0.2, 0.25) is 0 Å². The molecule has 0 aliphatic carbocycles. The lowest BCUT2D eigenvalue weighted by molar-refractivity contribution is 0.309. The van der Waals surface area contributed by atoms with Crippen molar-refractivity contribution < 1.29 is 4.74 Å². The summed E-state index contributed by atoms with van der Waals surface area (Å²) in [5.74, 6) is 2.98. The molecular weight excluding hydrogens is 208 g/mol. The molecule has 0 N–H and O–H groups in total. The number of halogens is 1. The molecule has 2 unspecified atom stereocenters. The lowest BCUT2D eigenvalue weighted by Crippen LogP contribution is -2.09. The Hall–Kier alpha value is -0.690. The Morgan fingerprint density at radius 2 is 2.27 bits per heavy atom. The smallest absolute Gasteiger partial charge is 0.122 e. The molecule has 15 heavy (non-hydrogen) atoms. The van der Waals surface area contributed by atoms with E-state index in [2.05, 4.69) is 25.1 Å². The van der Waals surface area contributed by atoms with Gasteiger partial charge in [0.15, 0.2) is 0 Å². The Kier molecular flexibility index (Phi) is 3.53. The molecule has 0 bridgehead atoms. The first kappa shape index (κ1) is 10.8. The van der Waals surface area contributed by atoms with E-state index in [-0.39, 0.29) is 0 Å². The Balaban J connectivity index is 2.07. The van der Waals surface area contributed by atoms with Crippen molar-refractivity contribution in [2.24, 2.45) is 5.92 Å². The highest BCUT2D eigenvalue weighted by atomic mass is 35.5. The number of benzene rings is 1. The Bertz CT molecular complexity index is 320. The van der Waals surface area contributed by atoms with E-state index in [1.807, 2.05) is 6.07 Å². The van der Waals surface area contributed by atoms with Gasteiger partial charge < -0.3 is 4.74 Å². The first-order valence-electron chi connectivity index (χ1n) is 5.62. The van der Waals surface area contributed by atoms with Crippen molar-refractivity contribution in [3.63, 3.8) is 0 Å². The largest absolute Gasteiger partial charge is 0.493 e. The summed E-state index contributed by atoms with van der Waals surface area (Å²) in [4.78, 5) is 0. The maximum atomic E-state index is 5.93. The van der Waals surface area contributed by atoms with Crippen LogP contribution in [0.1, 0.15) is 31.2 Å². The monoisotopic (exact) mass is 224 g/mol. The summed E-state index contributed by atoms with van der Waals surface area (Å²) in [6, 6.07) is 8.34. The van der Waals surface area contributed by atoms with Gasteiger partial charge in [-0.3, -0.25) is 0 Å². The number of hydrogen-bond donors (Lipinski definition) is 0. The molecule has 82 valence electrons. The third-order valence-electron chi connectivity index (χ3n) is 3.21. The van der Waals surface area contributed by atoms with E-state index in [0.717, 1.165) is 31.1 Å². The molecule has 0 amide bonds. The van der Waals surface area contributed by atoms with Gasteiger partial charge in [0.2, 0.25) is 0 Å². The minimum absolute atomic E-state index is 0.546. The standard InChI is InChI=1S/C13H17ClO/c1-2-10(8-14)7-11-9-15-13-6-4-3-5-12(11)13/h3-6,10-11H,2,7-9H2,1H3. The SMILES string of the molecule is CCC(CCl)CC1COc2ccccc21. The molecule has 1 nitrogen and oxygen atoms in total. The Morgan fingerprint density at radius 3 is 3.00 bits per heavy atom. The van der Waals surface area contributed by atoms with Crippen LogP contribution in [-0.4, -0.2) is 12.5 Å². The Labute approximate surface area is 96.4 Å². The van der Waals surface area contributed by atoms with Crippen LogP contribution >= 0.6 is 11.6 Å². The molecule has 2 atom stereocenters. The van der Waals surface area contributed by atoms with Gasteiger partial charge in [0.25, 0.3) is 0 Å². The number of para-hydroxylation sites is 1. The number of alkyl halides is 1. The summed E-state index contributed by atoms with van der Waals surface area (Å²) in [5, 5.41) is 0. The van der Waals surface area contributed by atoms with Crippen LogP contribution in [0, 0.1) is 5.92 Å². The van der Waals surface area contributed by atoms with E-state index < -0.39 is 0 Å². The molecule has 1 aromatic carbocycles. The predicted octanol–water partition coefficient (Wildman–Crippen LogP) is 3.82. The van der Waals surface area contributed by atoms with Crippen molar-refractivity contribution in [3.05, 3.63) is 29.8 Å². The first-order chi connectivity index (χ1) is 7.35. The number of ether oxygens (including phenoxy) is 1. The van der Waals surface area contributed by atoms with Crippen LogP contribution in [0.3, 0.4) is 0 Å². The highest BCUT2D eigenvalue weighted by Crippen LogP contribution is 2.37. The summed E-state index contributed by atoms with van der Waals surface area (Å²) in [5.41, 5.74) is 1.36. The van der Waals surface area contributed by atoms with Gasteiger partial charge in [-0.1, -0.05) is 31.5 Å². The highest BCUT2D eigenvalue weighted by Gasteiger charge is 2.25. The second-order valence-electron chi connectivity index (χ2n) is 4.21. The zero-order valence-corrected chi connectivity index (χ0v) is 9.83. The average Bonchev–Trinajstić information content (AvgIpc) is 2.69. The lowest BCUT2D eigenvalue weighted by Gasteiger charge is -2.15. The van der Waals surface area contributed by atoms with Crippen LogP contribution in [0.5, 0.6) is 5.75 Å². The van der Waals surface area contributed by atoms with Crippen LogP contribution in [-0.2, 0) is 0 Å². The molecule has 1 aromatic rings. The fraction of sp³-hybridized carbons (Fsp3) is 0.538. The summed E-state index contributed by atoms with van der Waals surface area (Å²) in [6.45, 7) is 3.03. The topological polar surface area (TPSA) is 9.23 Å². The number of fused-ring (bicyclic) bond motifs is 1. The normalized spacial score (nSPS) is 20.8. The zero-order valence-electron chi connectivity index (χ0n) is 9.08.